The zero-order valence-corrected chi connectivity index (χ0v) is 9.81. The summed E-state index contributed by atoms with van der Waals surface area (Å²) in [5, 5.41) is 15.4. The molecular formula is C9H11Cl2N5. The van der Waals surface area contributed by atoms with Gasteiger partial charge in [0.1, 0.15) is 0 Å². The second-order valence-electron chi connectivity index (χ2n) is 3.11. The molecule has 1 rings (SSSR count). The van der Waals surface area contributed by atoms with E-state index < -0.39 is 0 Å². The lowest BCUT2D eigenvalue weighted by atomic mass is 10.2. The summed E-state index contributed by atoms with van der Waals surface area (Å²) in [6, 6.07) is 5.01. The zero-order valence-electron chi connectivity index (χ0n) is 8.30. The molecule has 0 atom stereocenters. The van der Waals surface area contributed by atoms with E-state index in [2.05, 4.69) is 0 Å². The number of hydrogen-bond acceptors (Lipinski definition) is 2. The van der Waals surface area contributed by atoms with E-state index in [0.717, 1.165) is 10.5 Å². The van der Waals surface area contributed by atoms with Gasteiger partial charge in [-0.3, -0.25) is 15.7 Å². The van der Waals surface area contributed by atoms with E-state index in [4.69, 9.17) is 45.5 Å². The van der Waals surface area contributed by atoms with Crippen LogP contribution in [0.15, 0.2) is 18.2 Å². The van der Waals surface area contributed by atoms with Crippen LogP contribution in [-0.2, 0) is 6.54 Å². The highest BCUT2D eigenvalue weighted by Crippen LogP contribution is 2.23. The van der Waals surface area contributed by atoms with Crippen molar-refractivity contribution in [3.05, 3.63) is 33.8 Å². The summed E-state index contributed by atoms with van der Waals surface area (Å²) in [6.07, 6.45) is 0. The molecule has 6 N–H and O–H groups in total. The summed E-state index contributed by atoms with van der Waals surface area (Å²) in [4.78, 5) is 1.14. The van der Waals surface area contributed by atoms with Crippen molar-refractivity contribution >= 4 is 35.1 Å². The predicted octanol–water partition coefficient (Wildman–Crippen LogP) is 1.58. The Bertz CT molecular complexity index is 418. The van der Waals surface area contributed by atoms with Gasteiger partial charge in [0.2, 0.25) is 0 Å². The van der Waals surface area contributed by atoms with Crippen molar-refractivity contribution in [1.29, 1.82) is 10.8 Å². The molecule has 7 heteroatoms. The van der Waals surface area contributed by atoms with Crippen molar-refractivity contribution in [3.63, 3.8) is 0 Å². The number of nitrogens with two attached hydrogens (primary N) is 2. The quantitative estimate of drug-likeness (QED) is 0.479. The van der Waals surface area contributed by atoms with Gasteiger partial charge in [-0.05, 0) is 17.7 Å². The Kier molecular flexibility index (Phi) is 3.98. The van der Waals surface area contributed by atoms with Crippen LogP contribution < -0.4 is 11.5 Å². The number of guanidine groups is 2. The normalized spacial score (nSPS) is 9.88. The van der Waals surface area contributed by atoms with Crippen molar-refractivity contribution in [2.75, 3.05) is 0 Å². The van der Waals surface area contributed by atoms with Crippen molar-refractivity contribution < 1.29 is 0 Å². The molecule has 0 fully saturated rings. The van der Waals surface area contributed by atoms with Gasteiger partial charge in [-0.15, -0.1) is 0 Å². The van der Waals surface area contributed by atoms with Gasteiger partial charge in [0.05, 0.1) is 16.6 Å². The summed E-state index contributed by atoms with van der Waals surface area (Å²) in [5.74, 6) is -0.586. The number of benzene rings is 1. The largest absolute Gasteiger partial charge is 0.370 e. The van der Waals surface area contributed by atoms with Crippen LogP contribution in [0.2, 0.25) is 10.0 Å². The van der Waals surface area contributed by atoms with Crippen molar-refractivity contribution in [1.82, 2.24) is 4.90 Å². The first-order valence-corrected chi connectivity index (χ1v) is 5.07. The minimum atomic E-state index is -0.293. The molecule has 1 aromatic rings. The lowest BCUT2D eigenvalue weighted by Gasteiger charge is -2.20. The monoisotopic (exact) mass is 259 g/mol. The highest BCUT2D eigenvalue weighted by molar-refractivity contribution is 6.42. The standard InChI is InChI=1S/C9H11Cl2N5/c10-6-2-1-5(3-7(6)11)4-16(8(12)13)9(14)15/h1-3H,4H2,(H3,12,13)(H3,14,15). The minimum absolute atomic E-state index is 0.210. The highest BCUT2D eigenvalue weighted by atomic mass is 35.5. The molecule has 0 aliphatic heterocycles. The van der Waals surface area contributed by atoms with Crippen molar-refractivity contribution in [2.45, 2.75) is 6.54 Å². The van der Waals surface area contributed by atoms with Crippen LogP contribution in [-0.4, -0.2) is 16.8 Å². The van der Waals surface area contributed by atoms with E-state index in [1.807, 2.05) is 0 Å². The molecule has 0 aliphatic rings. The van der Waals surface area contributed by atoms with Crippen molar-refractivity contribution in [3.8, 4) is 0 Å². The third kappa shape index (κ3) is 3.01. The number of hydrogen-bond donors (Lipinski definition) is 4. The van der Waals surface area contributed by atoms with Crippen LogP contribution in [0.4, 0.5) is 0 Å². The molecule has 0 saturated heterocycles. The minimum Gasteiger partial charge on any atom is -0.370 e. The molecule has 5 nitrogen and oxygen atoms in total. The Hall–Kier alpha value is -1.46. The van der Waals surface area contributed by atoms with Gasteiger partial charge in [-0.2, -0.15) is 0 Å². The Morgan fingerprint density at radius 2 is 1.69 bits per heavy atom. The molecule has 0 saturated carbocycles. The molecule has 1 aromatic carbocycles. The maximum absolute atomic E-state index is 7.25. The fraction of sp³-hybridized carbons (Fsp3) is 0.111. The van der Waals surface area contributed by atoms with E-state index in [1.54, 1.807) is 18.2 Å². The smallest absolute Gasteiger partial charge is 0.195 e. The maximum Gasteiger partial charge on any atom is 0.195 e. The van der Waals surface area contributed by atoms with Crippen LogP contribution in [0.5, 0.6) is 0 Å². The van der Waals surface area contributed by atoms with Gasteiger partial charge in [0.15, 0.2) is 11.9 Å². The van der Waals surface area contributed by atoms with Crippen LogP contribution in [0.3, 0.4) is 0 Å². The topological polar surface area (TPSA) is 103 Å². The van der Waals surface area contributed by atoms with Gasteiger partial charge in [-0.1, -0.05) is 29.3 Å². The third-order valence-electron chi connectivity index (χ3n) is 1.91. The number of rotatable bonds is 2. The summed E-state index contributed by atoms with van der Waals surface area (Å²) < 4.78 is 0. The SMILES string of the molecule is N=C(N)N(Cc1ccc(Cl)c(Cl)c1)C(=N)N. The van der Waals surface area contributed by atoms with Gasteiger partial charge < -0.3 is 11.5 Å². The maximum atomic E-state index is 7.25. The average Bonchev–Trinajstić information content (AvgIpc) is 2.18. The van der Waals surface area contributed by atoms with Crippen LogP contribution in [0.1, 0.15) is 5.56 Å². The number of halogens is 2. The highest BCUT2D eigenvalue weighted by Gasteiger charge is 2.11. The Morgan fingerprint density at radius 3 is 2.12 bits per heavy atom. The lowest BCUT2D eigenvalue weighted by molar-refractivity contribution is 0.582. The summed E-state index contributed by atoms with van der Waals surface area (Å²) in [7, 11) is 0. The Balaban J connectivity index is 2.90. The van der Waals surface area contributed by atoms with Crippen LogP contribution >= 0.6 is 23.2 Å². The molecular weight excluding hydrogens is 249 g/mol. The molecule has 16 heavy (non-hydrogen) atoms. The molecule has 86 valence electrons. The number of nitrogens with one attached hydrogen (secondary N) is 2. The first-order chi connectivity index (χ1) is 7.41. The average molecular weight is 260 g/mol. The molecule has 0 aromatic heterocycles. The summed E-state index contributed by atoms with van der Waals surface area (Å²) in [6.45, 7) is 0.210. The first-order valence-electron chi connectivity index (χ1n) is 4.31. The molecule has 0 amide bonds. The van der Waals surface area contributed by atoms with Crippen LogP contribution in [0, 0.1) is 10.8 Å². The lowest BCUT2D eigenvalue weighted by Crippen LogP contribution is -2.44. The van der Waals surface area contributed by atoms with Gasteiger partial charge >= 0.3 is 0 Å². The Morgan fingerprint density at radius 1 is 1.12 bits per heavy atom. The van der Waals surface area contributed by atoms with E-state index in [0.29, 0.717) is 10.0 Å². The fourth-order valence-electron chi connectivity index (χ4n) is 1.12. The molecule has 0 heterocycles. The number of nitrogens with zero attached hydrogens (tertiary/aromatic N) is 1. The predicted molar refractivity (Wildman–Crippen MR) is 65.8 cm³/mol. The second kappa shape index (κ2) is 5.05. The molecule has 0 unspecified atom stereocenters. The second-order valence-corrected chi connectivity index (χ2v) is 3.92. The van der Waals surface area contributed by atoms with E-state index in [9.17, 15) is 0 Å². The third-order valence-corrected chi connectivity index (χ3v) is 2.65. The fourth-order valence-corrected chi connectivity index (χ4v) is 1.44. The summed E-state index contributed by atoms with van der Waals surface area (Å²) in [5.41, 5.74) is 11.3. The van der Waals surface area contributed by atoms with Gasteiger partial charge in [0.25, 0.3) is 0 Å². The van der Waals surface area contributed by atoms with Crippen LogP contribution in [0.25, 0.3) is 0 Å². The van der Waals surface area contributed by atoms with E-state index in [-0.39, 0.29) is 18.5 Å². The van der Waals surface area contributed by atoms with Gasteiger partial charge in [0, 0.05) is 0 Å². The zero-order chi connectivity index (χ0) is 12.3. The van der Waals surface area contributed by atoms with Crippen molar-refractivity contribution in [2.24, 2.45) is 11.5 Å². The van der Waals surface area contributed by atoms with E-state index in [1.165, 1.54) is 0 Å². The van der Waals surface area contributed by atoms with Gasteiger partial charge in [-0.25, -0.2) is 0 Å². The molecule has 0 aliphatic carbocycles. The first kappa shape index (κ1) is 12.6. The summed E-state index contributed by atoms with van der Waals surface area (Å²) >= 11 is 11.6. The molecule has 0 bridgehead atoms. The molecule has 0 radical (unpaired) electrons. The Labute approximate surface area is 103 Å². The molecule has 0 spiro atoms. The van der Waals surface area contributed by atoms with E-state index >= 15 is 0 Å².